The second kappa shape index (κ2) is 12.8. The summed E-state index contributed by atoms with van der Waals surface area (Å²) >= 11 is 12.0. The molecule has 4 rings (SSSR count). The van der Waals surface area contributed by atoms with Crippen LogP contribution in [0.15, 0.2) is 65.6 Å². The van der Waals surface area contributed by atoms with Crippen molar-refractivity contribution in [2.45, 2.75) is 69.1 Å². The number of benzene rings is 3. The van der Waals surface area contributed by atoms with Crippen molar-refractivity contribution in [3.63, 3.8) is 0 Å². The molecular formula is C29H32Cl2FN3O3S. The molecule has 208 valence electrons. The largest absolute Gasteiger partial charge is 0.349 e. The zero-order valence-corrected chi connectivity index (χ0v) is 24.1. The molecule has 0 heterocycles. The number of hydrogen-bond acceptors (Lipinski definition) is 4. The van der Waals surface area contributed by atoms with Gasteiger partial charge >= 0.3 is 0 Å². The van der Waals surface area contributed by atoms with Crippen LogP contribution in [0.2, 0.25) is 10.0 Å². The van der Waals surface area contributed by atoms with Crippen LogP contribution in [0.4, 0.5) is 4.39 Å². The number of nitrogens with one attached hydrogen (secondary N) is 3. The van der Waals surface area contributed by atoms with Gasteiger partial charge in [0, 0.05) is 19.0 Å². The van der Waals surface area contributed by atoms with Gasteiger partial charge in [-0.1, -0.05) is 67.4 Å². The van der Waals surface area contributed by atoms with E-state index in [1.165, 1.54) is 53.6 Å². The van der Waals surface area contributed by atoms with E-state index in [1.807, 2.05) is 0 Å². The summed E-state index contributed by atoms with van der Waals surface area (Å²) < 4.78 is 42.6. The first-order valence-electron chi connectivity index (χ1n) is 12.9. The molecular weight excluding hydrogens is 560 g/mol. The molecule has 10 heteroatoms. The van der Waals surface area contributed by atoms with Crippen LogP contribution in [0, 0.1) is 5.82 Å². The maximum absolute atomic E-state index is 13.6. The summed E-state index contributed by atoms with van der Waals surface area (Å²) in [4.78, 5) is 13.2. The summed E-state index contributed by atoms with van der Waals surface area (Å²) in [5.74, 6) is -0.777. The highest BCUT2D eigenvalue weighted by atomic mass is 35.5. The van der Waals surface area contributed by atoms with Gasteiger partial charge < -0.3 is 10.6 Å². The SMILES string of the molecule is CC(C)NCc1ccc2c(c1)CCC[C@H]2NC(=O)C[C@@H](NS(=O)(=O)c1ccc(Cl)c(Cl)c1)c1ccc(F)cc1. The summed E-state index contributed by atoms with van der Waals surface area (Å²) in [5.41, 5.74) is 3.95. The van der Waals surface area contributed by atoms with Crippen molar-refractivity contribution in [3.8, 4) is 0 Å². The zero-order chi connectivity index (χ0) is 28.2. The maximum atomic E-state index is 13.6. The molecule has 0 aromatic heterocycles. The van der Waals surface area contributed by atoms with Gasteiger partial charge in [-0.3, -0.25) is 4.79 Å². The smallest absolute Gasteiger partial charge is 0.241 e. The summed E-state index contributed by atoms with van der Waals surface area (Å²) in [7, 11) is -4.07. The van der Waals surface area contributed by atoms with Crippen LogP contribution in [-0.4, -0.2) is 20.4 Å². The van der Waals surface area contributed by atoms with Crippen molar-refractivity contribution in [2.75, 3.05) is 0 Å². The third-order valence-corrected chi connectivity index (χ3v) is 8.94. The number of carbonyl (C=O) groups excluding carboxylic acids is 1. The van der Waals surface area contributed by atoms with Gasteiger partial charge in [0.25, 0.3) is 0 Å². The fourth-order valence-electron chi connectivity index (χ4n) is 4.71. The van der Waals surface area contributed by atoms with E-state index in [2.05, 4.69) is 47.4 Å². The first-order valence-corrected chi connectivity index (χ1v) is 15.1. The van der Waals surface area contributed by atoms with Gasteiger partial charge in [-0.25, -0.2) is 17.5 Å². The van der Waals surface area contributed by atoms with E-state index in [9.17, 15) is 17.6 Å². The van der Waals surface area contributed by atoms with Gasteiger partial charge in [0.15, 0.2) is 0 Å². The molecule has 3 N–H and O–H groups in total. The highest BCUT2D eigenvalue weighted by Gasteiger charge is 2.27. The van der Waals surface area contributed by atoms with Crippen LogP contribution in [0.5, 0.6) is 0 Å². The molecule has 6 nitrogen and oxygen atoms in total. The lowest BCUT2D eigenvalue weighted by atomic mass is 9.86. The lowest BCUT2D eigenvalue weighted by Crippen LogP contribution is -2.36. The van der Waals surface area contributed by atoms with Crippen molar-refractivity contribution in [2.24, 2.45) is 0 Å². The van der Waals surface area contributed by atoms with Crippen LogP contribution >= 0.6 is 23.2 Å². The minimum Gasteiger partial charge on any atom is -0.349 e. The topological polar surface area (TPSA) is 87.3 Å². The number of sulfonamides is 1. The molecule has 1 amide bonds. The van der Waals surface area contributed by atoms with Gasteiger partial charge in [-0.05, 0) is 71.8 Å². The second-order valence-electron chi connectivity index (χ2n) is 10.1. The zero-order valence-electron chi connectivity index (χ0n) is 21.8. The number of aryl methyl sites for hydroxylation is 1. The second-order valence-corrected chi connectivity index (χ2v) is 12.6. The Morgan fingerprint density at radius 3 is 2.46 bits per heavy atom. The summed E-state index contributed by atoms with van der Waals surface area (Å²) in [6.07, 6.45) is 2.50. The number of halogens is 3. The average Bonchev–Trinajstić information content (AvgIpc) is 2.89. The first kappa shape index (κ1) is 29.5. The van der Waals surface area contributed by atoms with E-state index < -0.39 is 21.9 Å². The van der Waals surface area contributed by atoms with Gasteiger partial charge in [0.2, 0.25) is 15.9 Å². The Morgan fingerprint density at radius 2 is 1.77 bits per heavy atom. The standard InChI is InChI=1S/C29H32Cl2FN3O3S/c1-18(2)33-17-19-6-12-24-21(14-19)4-3-5-27(24)34-29(36)16-28(20-7-9-22(32)10-8-20)35-39(37,38)23-11-13-25(30)26(31)15-23/h6-15,18,27-28,33,35H,3-5,16-17H2,1-2H3,(H,34,36)/t27-,28-/m1/s1. The van der Waals surface area contributed by atoms with Gasteiger partial charge in [0.1, 0.15) is 5.82 Å². The highest BCUT2D eigenvalue weighted by molar-refractivity contribution is 7.89. The van der Waals surface area contributed by atoms with E-state index in [0.717, 1.165) is 31.4 Å². The number of fused-ring (bicyclic) bond motifs is 1. The van der Waals surface area contributed by atoms with Gasteiger partial charge in [-0.2, -0.15) is 0 Å². The van der Waals surface area contributed by atoms with Crippen molar-refractivity contribution >= 4 is 39.1 Å². The Labute approximate surface area is 239 Å². The number of hydrogen-bond donors (Lipinski definition) is 3. The molecule has 2 atom stereocenters. The minimum atomic E-state index is -4.07. The third-order valence-electron chi connectivity index (χ3n) is 6.73. The molecule has 0 aliphatic heterocycles. The third kappa shape index (κ3) is 7.80. The molecule has 0 unspecified atom stereocenters. The molecule has 3 aromatic rings. The van der Waals surface area contributed by atoms with Gasteiger partial charge in [-0.15, -0.1) is 0 Å². The Bertz CT molecular complexity index is 1430. The molecule has 0 saturated heterocycles. The van der Waals surface area contributed by atoms with Gasteiger partial charge in [0.05, 0.1) is 27.0 Å². The fraction of sp³-hybridized carbons (Fsp3) is 0.345. The van der Waals surface area contributed by atoms with Crippen LogP contribution in [-0.2, 0) is 27.8 Å². The van der Waals surface area contributed by atoms with Crippen molar-refractivity contribution in [1.82, 2.24) is 15.4 Å². The molecule has 0 spiro atoms. The van der Waals surface area contributed by atoms with E-state index in [-0.39, 0.29) is 33.3 Å². The summed E-state index contributed by atoms with van der Waals surface area (Å²) in [6, 6.07) is 15.0. The van der Waals surface area contributed by atoms with Crippen molar-refractivity contribution < 1.29 is 17.6 Å². The quantitative estimate of drug-likeness (QED) is 0.260. The normalized spacial score (nSPS) is 16.1. The Morgan fingerprint density at radius 1 is 1.03 bits per heavy atom. The lowest BCUT2D eigenvalue weighted by Gasteiger charge is -2.28. The fourth-order valence-corrected chi connectivity index (χ4v) is 6.32. The Kier molecular flexibility index (Phi) is 9.67. The molecule has 3 aromatic carbocycles. The number of carbonyl (C=O) groups is 1. The van der Waals surface area contributed by atoms with Crippen LogP contribution in [0.25, 0.3) is 0 Å². The molecule has 1 aliphatic rings. The van der Waals surface area contributed by atoms with Crippen LogP contribution < -0.4 is 15.4 Å². The van der Waals surface area contributed by atoms with Crippen molar-refractivity contribution in [1.29, 1.82) is 0 Å². The molecule has 0 radical (unpaired) electrons. The number of amides is 1. The lowest BCUT2D eigenvalue weighted by molar-refractivity contribution is -0.122. The molecule has 1 aliphatic carbocycles. The Balaban J connectivity index is 1.52. The summed E-state index contributed by atoms with van der Waals surface area (Å²) in [6.45, 7) is 4.99. The van der Waals surface area contributed by atoms with E-state index >= 15 is 0 Å². The van der Waals surface area contributed by atoms with E-state index in [1.54, 1.807) is 0 Å². The highest BCUT2D eigenvalue weighted by Crippen LogP contribution is 2.31. The monoisotopic (exact) mass is 591 g/mol. The predicted molar refractivity (Wildman–Crippen MR) is 153 cm³/mol. The summed E-state index contributed by atoms with van der Waals surface area (Å²) in [5, 5.41) is 6.84. The Hall–Kier alpha value is -2.49. The van der Waals surface area contributed by atoms with E-state index in [0.29, 0.717) is 11.6 Å². The van der Waals surface area contributed by atoms with Crippen LogP contribution in [0.3, 0.4) is 0 Å². The molecule has 39 heavy (non-hydrogen) atoms. The van der Waals surface area contributed by atoms with E-state index in [4.69, 9.17) is 23.2 Å². The molecule has 0 saturated carbocycles. The van der Waals surface area contributed by atoms with Crippen LogP contribution in [0.1, 0.15) is 67.4 Å². The maximum Gasteiger partial charge on any atom is 0.241 e. The number of rotatable bonds is 10. The van der Waals surface area contributed by atoms with Crippen molar-refractivity contribution in [3.05, 3.63) is 98.8 Å². The average molecular weight is 593 g/mol. The molecule has 0 fully saturated rings. The first-order chi connectivity index (χ1) is 18.5. The molecule has 0 bridgehead atoms. The minimum absolute atomic E-state index is 0.0895. The predicted octanol–water partition coefficient (Wildman–Crippen LogP) is 6.23.